The second kappa shape index (κ2) is 4.95. The maximum absolute atomic E-state index is 4.77. The molecule has 0 spiro atoms. The number of nitrogens with zero attached hydrogens (tertiary/aromatic N) is 1. The molecule has 2 nitrogen and oxygen atoms in total. The summed E-state index contributed by atoms with van der Waals surface area (Å²) in [5.74, 6) is 0.927. The van der Waals surface area contributed by atoms with Gasteiger partial charge in [0.15, 0.2) is 0 Å². The highest BCUT2D eigenvalue weighted by atomic mass is 14.9. The van der Waals surface area contributed by atoms with Crippen LogP contribution in [0.2, 0.25) is 0 Å². The molecule has 3 aromatic carbocycles. The van der Waals surface area contributed by atoms with Crippen molar-refractivity contribution < 1.29 is 0 Å². The van der Waals surface area contributed by atoms with Crippen molar-refractivity contribution in [2.75, 3.05) is 0 Å². The zero-order valence-corrected chi connectivity index (χ0v) is 13.7. The van der Waals surface area contributed by atoms with E-state index in [0.717, 1.165) is 22.4 Å². The van der Waals surface area contributed by atoms with Crippen molar-refractivity contribution in [3.8, 4) is 11.4 Å². The highest BCUT2D eigenvalue weighted by Crippen LogP contribution is 2.27. The van der Waals surface area contributed by atoms with Gasteiger partial charge in [-0.05, 0) is 33.9 Å². The van der Waals surface area contributed by atoms with Crippen LogP contribution in [0.3, 0.4) is 0 Å². The van der Waals surface area contributed by atoms with Crippen LogP contribution in [0.4, 0.5) is 0 Å². The Labute approximate surface area is 136 Å². The normalized spacial score (nSPS) is 12.1. The Hall–Kier alpha value is -2.61. The molecule has 0 fully saturated rings. The molecular formula is C21H20N2. The molecular weight excluding hydrogens is 280 g/mol. The lowest BCUT2D eigenvalue weighted by molar-refractivity contribution is 0.590. The minimum atomic E-state index is 0.171. The summed E-state index contributed by atoms with van der Waals surface area (Å²) in [6.07, 6.45) is 0. The van der Waals surface area contributed by atoms with Crippen LogP contribution >= 0.6 is 0 Å². The molecule has 0 saturated heterocycles. The van der Waals surface area contributed by atoms with Gasteiger partial charge in [-0.3, -0.25) is 0 Å². The van der Waals surface area contributed by atoms with Gasteiger partial charge in [0.1, 0.15) is 5.82 Å². The summed E-state index contributed by atoms with van der Waals surface area (Å²) in [5, 5.41) is 2.46. The number of aromatic nitrogens is 2. The van der Waals surface area contributed by atoms with Gasteiger partial charge in [-0.15, -0.1) is 0 Å². The molecule has 23 heavy (non-hydrogen) atoms. The molecule has 0 bridgehead atoms. The van der Waals surface area contributed by atoms with E-state index < -0.39 is 0 Å². The van der Waals surface area contributed by atoms with E-state index in [-0.39, 0.29) is 5.41 Å². The van der Waals surface area contributed by atoms with E-state index in [1.807, 2.05) is 0 Å². The van der Waals surface area contributed by atoms with Gasteiger partial charge in [0.25, 0.3) is 0 Å². The first kappa shape index (κ1) is 14.0. The Morgan fingerprint density at radius 1 is 0.826 bits per heavy atom. The number of rotatable bonds is 1. The van der Waals surface area contributed by atoms with Gasteiger partial charge in [-0.1, -0.05) is 69.3 Å². The number of imidazole rings is 1. The van der Waals surface area contributed by atoms with E-state index >= 15 is 0 Å². The topological polar surface area (TPSA) is 28.7 Å². The third-order valence-corrected chi connectivity index (χ3v) is 4.37. The monoisotopic (exact) mass is 300 g/mol. The van der Waals surface area contributed by atoms with Crippen LogP contribution < -0.4 is 0 Å². The standard InChI is InChI=1S/C21H20N2/c1-21(2,3)17-10-8-14(9-11-17)20-22-18-12-15-6-4-5-7-16(15)13-19(18)23-20/h4-13H,1-3H3,(H,22,23). The zero-order chi connectivity index (χ0) is 16.0. The second-order valence-electron chi connectivity index (χ2n) is 7.13. The Morgan fingerprint density at radius 2 is 1.48 bits per heavy atom. The lowest BCUT2D eigenvalue weighted by atomic mass is 9.87. The van der Waals surface area contributed by atoms with E-state index in [1.165, 1.54) is 16.3 Å². The first-order chi connectivity index (χ1) is 11.0. The molecule has 1 heterocycles. The molecule has 114 valence electrons. The summed E-state index contributed by atoms with van der Waals surface area (Å²) >= 11 is 0. The van der Waals surface area contributed by atoms with Gasteiger partial charge in [-0.25, -0.2) is 4.98 Å². The predicted octanol–water partition coefficient (Wildman–Crippen LogP) is 5.68. The van der Waals surface area contributed by atoms with Crippen molar-refractivity contribution >= 4 is 21.8 Å². The van der Waals surface area contributed by atoms with Crippen LogP contribution in [0.5, 0.6) is 0 Å². The van der Waals surface area contributed by atoms with E-state index in [1.54, 1.807) is 0 Å². The Morgan fingerprint density at radius 3 is 2.13 bits per heavy atom. The van der Waals surface area contributed by atoms with Crippen molar-refractivity contribution in [3.05, 3.63) is 66.2 Å². The highest BCUT2D eigenvalue weighted by molar-refractivity contribution is 5.96. The molecule has 1 aromatic heterocycles. The van der Waals surface area contributed by atoms with Gasteiger partial charge in [0.2, 0.25) is 0 Å². The fourth-order valence-corrected chi connectivity index (χ4v) is 2.96. The summed E-state index contributed by atoms with van der Waals surface area (Å²) in [4.78, 5) is 8.22. The number of hydrogen-bond donors (Lipinski definition) is 1. The van der Waals surface area contributed by atoms with Gasteiger partial charge in [0.05, 0.1) is 11.0 Å². The average molecular weight is 300 g/mol. The minimum Gasteiger partial charge on any atom is -0.338 e. The first-order valence-electron chi connectivity index (χ1n) is 8.00. The third-order valence-electron chi connectivity index (χ3n) is 4.37. The SMILES string of the molecule is CC(C)(C)c1ccc(-c2nc3cc4ccccc4cc3[nH]2)cc1. The molecule has 4 rings (SSSR count). The number of aromatic amines is 1. The maximum atomic E-state index is 4.77. The molecule has 0 aliphatic heterocycles. The van der Waals surface area contributed by atoms with Crippen LogP contribution in [0, 0.1) is 0 Å². The number of H-pyrrole nitrogens is 1. The summed E-state index contributed by atoms with van der Waals surface area (Å²) in [6, 6.07) is 21.4. The van der Waals surface area contributed by atoms with Gasteiger partial charge in [-0.2, -0.15) is 0 Å². The molecule has 0 aliphatic rings. The lowest BCUT2D eigenvalue weighted by Crippen LogP contribution is -2.10. The van der Waals surface area contributed by atoms with E-state index in [4.69, 9.17) is 4.98 Å². The van der Waals surface area contributed by atoms with E-state index in [2.05, 4.69) is 86.4 Å². The second-order valence-corrected chi connectivity index (χ2v) is 7.13. The zero-order valence-electron chi connectivity index (χ0n) is 13.7. The number of benzene rings is 3. The van der Waals surface area contributed by atoms with Crippen molar-refractivity contribution in [2.24, 2.45) is 0 Å². The predicted molar refractivity (Wildman–Crippen MR) is 97.7 cm³/mol. The highest BCUT2D eigenvalue weighted by Gasteiger charge is 2.14. The Bertz CT molecular complexity index is 933. The molecule has 1 N–H and O–H groups in total. The Balaban J connectivity index is 1.81. The lowest BCUT2D eigenvalue weighted by Gasteiger charge is -2.18. The van der Waals surface area contributed by atoms with Crippen molar-refractivity contribution in [1.82, 2.24) is 9.97 Å². The molecule has 0 aliphatic carbocycles. The molecule has 0 radical (unpaired) electrons. The number of fused-ring (bicyclic) bond motifs is 2. The molecule has 0 saturated carbocycles. The molecule has 0 atom stereocenters. The minimum absolute atomic E-state index is 0.171. The van der Waals surface area contributed by atoms with Gasteiger partial charge < -0.3 is 4.98 Å². The van der Waals surface area contributed by atoms with E-state index in [9.17, 15) is 0 Å². The number of hydrogen-bond acceptors (Lipinski definition) is 1. The molecule has 0 amide bonds. The van der Waals surface area contributed by atoms with Gasteiger partial charge >= 0.3 is 0 Å². The molecule has 4 aromatic rings. The fourth-order valence-electron chi connectivity index (χ4n) is 2.96. The summed E-state index contributed by atoms with van der Waals surface area (Å²) < 4.78 is 0. The molecule has 2 heteroatoms. The smallest absolute Gasteiger partial charge is 0.138 e. The first-order valence-corrected chi connectivity index (χ1v) is 8.00. The summed E-state index contributed by atoms with van der Waals surface area (Å²) in [7, 11) is 0. The molecule has 0 unspecified atom stereocenters. The van der Waals surface area contributed by atoms with Crippen LogP contribution in [-0.2, 0) is 5.41 Å². The van der Waals surface area contributed by atoms with Crippen LogP contribution in [0.15, 0.2) is 60.7 Å². The van der Waals surface area contributed by atoms with Crippen LogP contribution in [-0.4, -0.2) is 9.97 Å². The largest absolute Gasteiger partial charge is 0.338 e. The number of nitrogens with one attached hydrogen (secondary N) is 1. The van der Waals surface area contributed by atoms with Crippen LogP contribution in [0.1, 0.15) is 26.3 Å². The van der Waals surface area contributed by atoms with E-state index in [0.29, 0.717) is 0 Å². The summed E-state index contributed by atoms with van der Waals surface area (Å²) in [5.41, 5.74) is 4.72. The quantitative estimate of drug-likeness (QED) is 0.481. The van der Waals surface area contributed by atoms with Gasteiger partial charge in [0, 0.05) is 5.56 Å². The van der Waals surface area contributed by atoms with Crippen molar-refractivity contribution in [2.45, 2.75) is 26.2 Å². The Kier molecular flexibility index (Phi) is 3.02. The maximum Gasteiger partial charge on any atom is 0.138 e. The third kappa shape index (κ3) is 2.50. The van der Waals surface area contributed by atoms with Crippen LogP contribution in [0.25, 0.3) is 33.2 Å². The fraction of sp³-hybridized carbons (Fsp3) is 0.190. The van der Waals surface area contributed by atoms with Crippen molar-refractivity contribution in [1.29, 1.82) is 0 Å². The van der Waals surface area contributed by atoms with Crippen molar-refractivity contribution in [3.63, 3.8) is 0 Å². The average Bonchev–Trinajstić information content (AvgIpc) is 2.94. The summed E-state index contributed by atoms with van der Waals surface area (Å²) in [6.45, 7) is 6.69.